The van der Waals surface area contributed by atoms with Crippen LogP contribution in [0.3, 0.4) is 0 Å². The fourth-order valence-electron chi connectivity index (χ4n) is 1.56. The van der Waals surface area contributed by atoms with Gasteiger partial charge in [0.2, 0.25) is 0 Å². The molecular weight excluding hydrogens is 210 g/mol. The minimum Gasteiger partial charge on any atom is -0.486 e. The maximum absolute atomic E-state index is 10.6. The lowest BCUT2D eigenvalue weighted by Crippen LogP contribution is -2.39. The summed E-state index contributed by atoms with van der Waals surface area (Å²) in [5.41, 5.74) is 5.43. The average Bonchev–Trinajstić information content (AvgIpc) is 2.28. The fraction of sp³-hybridized carbons (Fsp3) is 0.364. The number of hydrogen-bond donors (Lipinski definition) is 2. The van der Waals surface area contributed by atoms with Crippen LogP contribution in [0.25, 0.3) is 0 Å². The average molecular weight is 223 g/mol. The zero-order valence-electron chi connectivity index (χ0n) is 8.63. The zero-order valence-corrected chi connectivity index (χ0v) is 8.63. The summed E-state index contributed by atoms with van der Waals surface area (Å²) in [6.07, 6.45) is -0.0649. The molecule has 86 valence electrons. The first kappa shape index (κ1) is 10.8. The Balaban J connectivity index is 2.00. The van der Waals surface area contributed by atoms with Crippen LogP contribution < -0.4 is 15.2 Å². The molecule has 1 aliphatic rings. The van der Waals surface area contributed by atoms with Gasteiger partial charge in [-0.15, -0.1) is 0 Å². The number of aliphatic carboxylic acids is 1. The molecule has 0 radical (unpaired) electrons. The van der Waals surface area contributed by atoms with Gasteiger partial charge in [-0.1, -0.05) is 12.1 Å². The Bertz CT molecular complexity index is 393. The summed E-state index contributed by atoms with van der Waals surface area (Å²) in [6, 6.07) is 6.36. The van der Waals surface area contributed by atoms with Crippen LogP contribution >= 0.6 is 0 Å². The van der Waals surface area contributed by atoms with Gasteiger partial charge in [0.15, 0.2) is 11.5 Å². The van der Waals surface area contributed by atoms with Crippen LogP contribution in [0.15, 0.2) is 24.3 Å². The van der Waals surface area contributed by atoms with E-state index in [1.165, 1.54) is 0 Å². The third kappa shape index (κ3) is 2.25. The molecule has 5 heteroatoms. The molecule has 0 saturated carbocycles. The maximum atomic E-state index is 10.6. The quantitative estimate of drug-likeness (QED) is 0.785. The van der Waals surface area contributed by atoms with E-state index in [9.17, 15) is 4.79 Å². The van der Waals surface area contributed by atoms with Crippen molar-refractivity contribution < 1.29 is 19.4 Å². The Morgan fingerprint density at radius 2 is 2.19 bits per heavy atom. The van der Waals surface area contributed by atoms with Crippen molar-refractivity contribution in [2.45, 2.75) is 18.6 Å². The van der Waals surface area contributed by atoms with E-state index < -0.39 is 12.0 Å². The molecule has 1 aliphatic heterocycles. The SMILES string of the molecule is NC(CC1COc2ccccc2O1)C(=O)O. The molecule has 0 fully saturated rings. The van der Waals surface area contributed by atoms with E-state index in [-0.39, 0.29) is 12.5 Å². The summed E-state index contributed by atoms with van der Waals surface area (Å²) in [5, 5.41) is 8.69. The maximum Gasteiger partial charge on any atom is 0.320 e. The Morgan fingerprint density at radius 3 is 2.88 bits per heavy atom. The summed E-state index contributed by atoms with van der Waals surface area (Å²) in [4.78, 5) is 10.6. The minimum absolute atomic E-state index is 0.240. The summed E-state index contributed by atoms with van der Waals surface area (Å²) >= 11 is 0. The topological polar surface area (TPSA) is 81.8 Å². The van der Waals surface area contributed by atoms with Gasteiger partial charge in [0.1, 0.15) is 18.8 Å². The molecule has 0 aliphatic carbocycles. The van der Waals surface area contributed by atoms with Crippen LogP contribution in [0.5, 0.6) is 11.5 Å². The molecule has 2 rings (SSSR count). The zero-order chi connectivity index (χ0) is 11.5. The Labute approximate surface area is 92.8 Å². The normalized spacial score (nSPS) is 20.2. The number of rotatable bonds is 3. The Hall–Kier alpha value is -1.75. The molecule has 0 bridgehead atoms. The number of fused-ring (bicyclic) bond motifs is 1. The fourth-order valence-corrected chi connectivity index (χ4v) is 1.56. The molecule has 0 amide bonds. The predicted octanol–water partition coefficient (Wildman–Crippen LogP) is 0.628. The largest absolute Gasteiger partial charge is 0.486 e. The molecule has 2 unspecified atom stereocenters. The molecule has 0 aromatic heterocycles. The van der Waals surface area contributed by atoms with Crippen LogP contribution in [0, 0.1) is 0 Å². The molecule has 2 atom stereocenters. The molecule has 5 nitrogen and oxygen atoms in total. The molecule has 1 aromatic carbocycles. The second kappa shape index (κ2) is 4.40. The van der Waals surface area contributed by atoms with E-state index >= 15 is 0 Å². The highest BCUT2D eigenvalue weighted by atomic mass is 16.6. The van der Waals surface area contributed by atoms with Crippen molar-refractivity contribution in [2.75, 3.05) is 6.61 Å². The Morgan fingerprint density at radius 1 is 1.50 bits per heavy atom. The van der Waals surface area contributed by atoms with Crippen molar-refractivity contribution in [3.8, 4) is 11.5 Å². The van der Waals surface area contributed by atoms with Crippen molar-refractivity contribution in [3.05, 3.63) is 24.3 Å². The van der Waals surface area contributed by atoms with E-state index in [0.717, 1.165) is 0 Å². The van der Waals surface area contributed by atoms with Gasteiger partial charge in [0, 0.05) is 6.42 Å². The Kier molecular flexibility index (Phi) is 2.96. The second-order valence-corrected chi connectivity index (χ2v) is 3.68. The van der Waals surface area contributed by atoms with E-state index in [4.69, 9.17) is 20.3 Å². The number of carbonyl (C=O) groups is 1. The van der Waals surface area contributed by atoms with Crippen molar-refractivity contribution in [3.63, 3.8) is 0 Å². The van der Waals surface area contributed by atoms with Crippen LogP contribution in [-0.4, -0.2) is 29.8 Å². The van der Waals surface area contributed by atoms with Crippen LogP contribution in [0.2, 0.25) is 0 Å². The lowest BCUT2D eigenvalue weighted by molar-refractivity contribution is -0.139. The first-order chi connectivity index (χ1) is 7.66. The first-order valence-electron chi connectivity index (χ1n) is 5.03. The summed E-state index contributed by atoms with van der Waals surface area (Å²) in [5.74, 6) is 0.293. The molecular formula is C11H13NO4. The number of carboxylic acids is 1. The van der Waals surface area contributed by atoms with Crippen molar-refractivity contribution >= 4 is 5.97 Å². The molecule has 1 aromatic rings. The summed E-state index contributed by atoms with van der Waals surface area (Å²) in [6.45, 7) is 0.331. The van der Waals surface area contributed by atoms with E-state index in [1.807, 2.05) is 18.2 Å². The highest BCUT2D eigenvalue weighted by Gasteiger charge is 2.25. The molecule has 0 spiro atoms. The van der Waals surface area contributed by atoms with Crippen LogP contribution in [0.4, 0.5) is 0 Å². The number of ether oxygens (including phenoxy) is 2. The summed E-state index contributed by atoms with van der Waals surface area (Å²) in [7, 11) is 0. The van der Waals surface area contributed by atoms with Gasteiger partial charge in [-0.25, -0.2) is 0 Å². The smallest absolute Gasteiger partial charge is 0.320 e. The van der Waals surface area contributed by atoms with Gasteiger partial charge in [0.25, 0.3) is 0 Å². The van der Waals surface area contributed by atoms with Crippen molar-refractivity contribution in [1.29, 1.82) is 0 Å². The third-order valence-corrected chi connectivity index (χ3v) is 2.40. The van der Waals surface area contributed by atoms with Gasteiger partial charge in [-0.05, 0) is 12.1 Å². The van der Waals surface area contributed by atoms with Crippen LogP contribution in [-0.2, 0) is 4.79 Å². The second-order valence-electron chi connectivity index (χ2n) is 3.68. The van der Waals surface area contributed by atoms with Gasteiger partial charge >= 0.3 is 5.97 Å². The van der Waals surface area contributed by atoms with Gasteiger partial charge in [-0.3, -0.25) is 4.79 Å². The minimum atomic E-state index is -1.03. The number of hydrogen-bond acceptors (Lipinski definition) is 4. The van der Waals surface area contributed by atoms with Crippen molar-refractivity contribution in [2.24, 2.45) is 5.73 Å². The molecule has 1 heterocycles. The standard InChI is InChI=1S/C11H13NO4/c12-8(11(13)14)5-7-6-15-9-3-1-2-4-10(9)16-7/h1-4,7-8H,5-6,12H2,(H,13,14). The molecule has 0 saturated heterocycles. The highest BCUT2D eigenvalue weighted by Crippen LogP contribution is 2.31. The summed E-state index contributed by atoms with van der Waals surface area (Å²) < 4.78 is 11.0. The van der Waals surface area contributed by atoms with E-state index in [2.05, 4.69) is 0 Å². The van der Waals surface area contributed by atoms with Gasteiger partial charge in [0.05, 0.1) is 0 Å². The third-order valence-electron chi connectivity index (χ3n) is 2.40. The number of benzene rings is 1. The monoisotopic (exact) mass is 223 g/mol. The van der Waals surface area contributed by atoms with E-state index in [1.54, 1.807) is 6.07 Å². The lowest BCUT2D eigenvalue weighted by Gasteiger charge is -2.27. The molecule has 3 N–H and O–H groups in total. The van der Waals surface area contributed by atoms with E-state index in [0.29, 0.717) is 18.1 Å². The first-order valence-corrected chi connectivity index (χ1v) is 5.03. The number of nitrogens with two attached hydrogens (primary N) is 1. The molecule has 16 heavy (non-hydrogen) atoms. The predicted molar refractivity (Wildman–Crippen MR) is 56.6 cm³/mol. The number of carboxylic acid groups (broad SMARTS) is 1. The van der Waals surface area contributed by atoms with Gasteiger partial charge in [-0.2, -0.15) is 0 Å². The van der Waals surface area contributed by atoms with Crippen LogP contribution in [0.1, 0.15) is 6.42 Å². The van der Waals surface area contributed by atoms with Gasteiger partial charge < -0.3 is 20.3 Å². The number of para-hydroxylation sites is 2. The lowest BCUT2D eigenvalue weighted by atomic mass is 10.1. The highest BCUT2D eigenvalue weighted by molar-refractivity contribution is 5.73. The van der Waals surface area contributed by atoms with Crippen molar-refractivity contribution in [1.82, 2.24) is 0 Å².